The molecule has 0 aromatic heterocycles. The minimum absolute atomic E-state index is 0.684. The van der Waals surface area contributed by atoms with Crippen LogP contribution < -0.4 is 5.32 Å². The van der Waals surface area contributed by atoms with E-state index in [0.717, 1.165) is 0 Å². The van der Waals surface area contributed by atoms with E-state index in [1.54, 1.807) is 0 Å². The standard InChI is InChI=1S/C13H29N3/c1-4-13(2)14-7-5-6-8-16-11-9-15(3)10-12-16/h13-14H,4-12H2,1-3H3. The molecule has 1 heterocycles. The van der Waals surface area contributed by atoms with Crippen LogP contribution >= 0.6 is 0 Å². The molecule has 0 bridgehead atoms. The topological polar surface area (TPSA) is 18.5 Å². The minimum Gasteiger partial charge on any atom is -0.314 e. The van der Waals surface area contributed by atoms with Crippen molar-refractivity contribution in [2.24, 2.45) is 0 Å². The predicted octanol–water partition coefficient (Wildman–Crippen LogP) is 1.40. The van der Waals surface area contributed by atoms with Gasteiger partial charge >= 0.3 is 0 Å². The first-order valence-corrected chi connectivity index (χ1v) is 6.86. The van der Waals surface area contributed by atoms with Gasteiger partial charge in [0.05, 0.1) is 0 Å². The zero-order chi connectivity index (χ0) is 11.8. The lowest BCUT2D eigenvalue weighted by molar-refractivity contribution is 0.152. The Hall–Kier alpha value is -0.120. The summed E-state index contributed by atoms with van der Waals surface area (Å²) in [5, 5.41) is 3.55. The molecule has 3 heteroatoms. The van der Waals surface area contributed by atoms with E-state index < -0.39 is 0 Å². The highest BCUT2D eigenvalue weighted by Gasteiger charge is 2.12. The van der Waals surface area contributed by atoms with Crippen molar-refractivity contribution in [3.05, 3.63) is 0 Å². The van der Waals surface area contributed by atoms with Crippen LogP contribution in [0.1, 0.15) is 33.1 Å². The number of hydrogen-bond acceptors (Lipinski definition) is 3. The lowest BCUT2D eigenvalue weighted by Crippen LogP contribution is -2.44. The molecule has 0 radical (unpaired) electrons. The van der Waals surface area contributed by atoms with Gasteiger partial charge in [-0.3, -0.25) is 0 Å². The third-order valence-electron chi connectivity index (χ3n) is 3.60. The third-order valence-corrected chi connectivity index (χ3v) is 3.60. The van der Waals surface area contributed by atoms with E-state index in [0.29, 0.717) is 6.04 Å². The molecule has 1 rings (SSSR count). The lowest BCUT2D eigenvalue weighted by atomic mass is 10.2. The maximum atomic E-state index is 3.55. The van der Waals surface area contributed by atoms with Crippen molar-refractivity contribution < 1.29 is 0 Å². The van der Waals surface area contributed by atoms with Crippen LogP contribution in [-0.4, -0.2) is 62.2 Å². The van der Waals surface area contributed by atoms with Crippen LogP contribution in [0.4, 0.5) is 0 Å². The first kappa shape index (κ1) is 13.9. The summed E-state index contributed by atoms with van der Waals surface area (Å²) in [6, 6.07) is 0.684. The molecule has 3 nitrogen and oxygen atoms in total. The largest absolute Gasteiger partial charge is 0.314 e. The lowest BCUT2D eigenvalue weighted by Gasteiger charge is -2.32. The third kappa shape index (κ3) is 5.83. The van der Waals surface area contributed by atoms with Crippen molar-refractivity contribution in [2.75, 3.05) is 46.3 Å². The Morgan fingerprint density at radius 3 is 2.44 bits per heavy atom. The van der Waals surface area contributed by atoms with Gasteiger partial charge in [0.25, 0.3) is 0 Å². The van der Waals surface area contributed by atoms with Crippen LogP contribution in [0.2, 0.25) is 0 Å². The maximum Gasteiger partial charge on any atom is 0.0110 e. The normalized spacial score (nSPS) is 21.2. The van der Waals surface area contributed by atoms with Gasteiger partial charge in [-0.05, 0) is 46.3 Å². The molecule has 1 fully saturated rings. The second-order valence-corrected chi connectivity index (χ2v) is 5.12. The Bertz CT molecular complexity index is 165. The average molecular weight is 227 g/mol. The fourth-order valence-electron chi connectivity index (χ4n) is 2.02. The molecule has 96 valence electrons. The van der Waals surface area contributed by atoms with E-state index in [9.17, 15) is 0 Å². The Kier molecular flexibility index (Phi) is 7.01. The summed E-state index contributed by atoms with van der Waals surface area (Å²) < 4.78 is 0. The highest BCUT2D eigenvalue weighted by Crippen LogP contribution is 2.01. The summed E-state index contributed by atoms with van der Waals surface area (Å²) in [6.07, 6.45) is 3.89. The van der Waals surface area contributed by atoms with Crippen LogP contribution in [0.25, 0.3) is 0 Å². The van der Waals surface area contributed by atoms with Crippen molar-refractivity contribution >= 4 is 0 Å². The van der Waals surface area contributed by atoms with Crippen LogP contribution in [0, 0.1) is 0 Å². The summed E-state index contributed by atoms with van der Waals surface area (Å²) in [5.41, 5.74) is 0. The zero-order valence-electron chi connectivity index (χ0n) is 11.3. The SMILES string of the molecule is CCC(C)NCCCCN1CCN(C)CC1. The number of nitrogens with zero attached hydrogens (tertiary/aromatic N) is 2. The predicted molar refractivity (Wildman–Crippen MR) is 70.9 cm³/mol. The van der Waals surface area contributed by atoms with E-state index in [2.05, 4.69) is 36.0 Å². The van der Waals surface area contributed by atoms with E-state index >= 15 is 0 Å². The number of rotatable bonds is 7. The van der Waals surface area contributed by atoms with Gasteiger partial charge in [-0.15, -0.1) is 0 Å². The molecule has 1 unspecified atom stereocenters. The van der Waals surface area contributed by atoms with E-state index in [-0.39, 0.29) is 0 Å². The molecular formula is C13H29N3. The molecule has 1 saturated heterocycles. The molecule has 1 atom stereocenters. The molecule has 0 aromatic rings. The van der Waals surface area contributed by atoms with Gasteiger partial charge in [0, 0.05) is 32.2 Å². The monoisotopic (exact) mass is 227 g/mol. The first-order chi connectivity index (χ1) is 7.72. The van der Waals surface area contributed by atoms with Gasteiger partial charge < -0.3 is 15.1 Å². The molecule has 1 N–H and O–H groups in total. The van der Waals surface area contributed by atoms with E-state index in [4.69, 9.17) is 0 Å². The van der Waals surface area contributed by atoms with Crippen molar-refractivity contribution in [3.63, 3.8) is 0 Å². The summed E-state index contributed by atoms with van der Waals surface area (Å²) in [5.74, 6) is 0. The molecule has 0 aromatic carbocycles. The minimum atomic E-state index is 0.684. The summed E-state index contributed by atoms with van der Waals surface area (Å²) >= 11 is 0. The number of piperazine rings is 1. The molecular weight excluding hydrogens is 198 g/mol. The van der Waals surface area contributed by atoms with Gasteiger partial charge in [0.15, 0.2) is 0 Å². The van der Waals surface area contributed by atoms with Crippen LogP contribution in [0.15, 0.2) is 0 Å². The Balaban J connectivity index is 1.91. The van der Waals surface area contributed by atoms with Gasteiger partial charge in [-0.1, -0.05) is 6.92 Å². The fourth-order valence-corrected chi connectivity index (χ4v) is 2.02. The van der Waals surface area contributed by atoms with Crippen LogP contribution in [-0.2, 0) is 0 Å². The van der Waals surface area contributed by atoms with Crippen molar-refractivity contribution in [3.8, 4) is 0 Å². The maximum absolute atomic E-state index is 3.55. The number of likely N-dealkylation sites (N-methyl/N-ethyl adjacent to an activating group) is 1. The van der Waals surface area contributed by atoms with Crippen molar-refractivity contribution in [1.29, 1.82) is 0 Å². The fraction of sp³-hybridized carbons (Fsp3) is 1.00. The Morgan fingerprint density at radius 2 is 1.81 bits per heavy atom. The van der Waals surface area contributed by atoms with Crippen molar-refractivity contribution in [1.82, 2.24) is 15.1 Å². The second-order valence-electron chi connectivity index (χ2n) is 5.12. The molecule has 0 aliphatic carbocycles. The molecule has 16 heavy (non-hydrogen) atoms. The van der Waals surface area contributed by atoms with E-state index in [1.807, 2.05) is 0 Å². The van der Waals surface area contributed by atoms with Gasteiger partial charge in [0.1, 0.15) is 0 Å². The summed E-state index contributed by atoms with van der Waals surface area (Å²) in [7, 11) is 2.22. The van der Waals surface area contributed by atoms with Crippen molar-refractivity contribution in [2.45, 2.75) is 39.2 Å². The van der Waals surface area contributed by atoms with Gasteiger partial charge in [-0.2, -0.15) is 0 Å². The highest BCUT2D eigenvalue weighted by molar-refractivity contribution is 4.69. The van der Waals surface area contributed by atoms with E-state index in [1.165, 1.54) is 58.5 Å². The smallest absolute Gasteiger partial charge is 0.0110 e. The highest BCUT2D eigenvalue weighted by atomic mass is 15.2. The van der Waals surface area contributed by atoms with Gasteiger partial charge in [-0.25, -0.2) is 0 Å². The molecule has 1 aliphatic heterocycles. The molecule has 0 amide bonds. The first-order valence-electron chi connectivity index (χ1n) is 6.86. The second kappa shape index (κ2) is 8.04. The summed E-state index contributed by atoms with van der Waals surface area (Å²) in [6.45, 7) is 12.0. The molecule has 0 saturated carbocycles. The quantitative estimate of drug-likeness (QED) is 0.663. The Morgan fingerprint density at radius 1 is 1.12 bits per heavy atom. The summed E-state index contributed by atoms with van der Waals surface area (Å²) in [4.78, 5) is 5.02. The molecule has 1 aliphatic rings. The molecule has 0 spiro atoms. The zero-order valence-corrected chi connectivity index (χ0v) is 11.3. The van der Waals surface area contributed by atoms with Crippen LogP contribution in [0.3, 0.4) is 0 Å². The number of hydrogen-bond donors (Lipinski definition) is 1. The Labute approximate surface area is 101 Å². The number of unbranched alkanes of at least 4 members (excludes halogenated alkanes) is 1. The average Bonchev–Trinajstić information content (AvgIpc) is 2.31. The van der Waals surface area contributed by atoms with Gasteiger partial charge in [0.2, 0.25) is 0 Å². The van der Waals surface area contributed by atoms with Crippen LogP contribution in [0.5, 0.6) is 0 Å². The number of nitrogens with one attached hydrogen (secondary N) is 1.